The van der Waals surface area contributed by atoms with Gasteiger partial charge in [0.05, 0.1) is 29.6 Å². The normalized spacial score (nSPS) is 16.1. The number of hydrogen-bond acceptors (Lipinski definition) is 7. The van der Waals surface area contributed by atoms with Crippen molar-refractivity contribution < 1.29 is 14.7 Å². The topological polar surface area (TPSA) is 113 Å². The molecule has 1 aliphatic heterocycles. The number of aryl methyl sites for hydroxylation is 1. The largest absolute Gasteiger partial charge is 0.388 e. The standard InChI is InChI=1S/C21H26N6O3S/c1-13(2)19(28)23-16-5-4-15-11-22-27(17(15)10-16)12-21(30)6-8-26(9-7-21)20(29)18-14(3)24-25-31-18/h4-5,10-11,13,30H,6-9,12H2,1-3H3,(H,23,28). The third kappa shape index (κ3) is 4.45. The highest BCUT2D eigenvalue weighted by molar-refractivity contribution is 7.07. The summed E-state index contributed by atoms with van der Waals surface area (Å²) in [5.41, 5.74) is 1.22. The smallest absolute Gasteiger partial charge is 0.267 e. The molecule has 3 aromatic rings. The second kappa shape index (κ2) is 8.35. The maximum atomic E-state index is 12.7. The highest BCUT2D eigenvalue weighted by Gasteiger charge is 2.36. The molecule has 3 heterocycles. The molecular formula is C21H26N6O3S. The maximum absolute atomic E-state index is 12.7. The predicted octanol–water partition coefficient (Wildman–Crippen LogP) is 2.46. The Morgan fingerprint density at radius 2 is 2.03 bits per heavy atom. The zero-order valence-corrected chi connectivity index (χ0v) is 18.6. The molecule has 2 aromatic heterocycles. The minimum atomic E-state index is -0.964. The number of rotatable bonds is 5. The van der Waals surface area contributed by atoms with Gasteiger partial charge >= 0.3 is 0 Å². The lowest BCUT2D eigenvalue weighted by molar-refractivity contribution is -0.118. The van der Waals surface area contributed by atoms with Crippen LogP contribution < -0.4 is 5.32 Å². The molecule has 0 radical (unpaired) electrons. The molecule has 164 valence electrons. The van der Waals surface area contributed by atoms with E-state index in [1.807, 2.05) is 32.0 Å². The van der Waals surface area contributed by atoms with Gasteiger partial charge < -0.3 is 15.3 Å². The SMILES string of the molecule is Cc1nnsc1C(=O)N1CCC(O)(Cn2ncc3ccc(NC(=O)C(C)C)cc32)CC1. The van der Waals surface area contributed by atoms with E-state index in [1.54, 1.807) is 22.7 Å². The molecule has 0 unspecified atom stereocenters. The van der Waals surface area contributed by atoms with E-state index in [4.69, 9.17) is 0 Å². The summed E-state index contributed by atoms with van der Waals surface area (Å²) >= 11 is 1.10. The van der Waals surface area contributed by atoms with Crippen LogP contribution in [0.5, 0.6) is 0 Å². The van der Waals surface area contributed by atoms with Crippen LogP contribution in [0, 0.1) is 12.8 Å². The lowest BCUT2D eigenvalue weighted by Crippen LogP contribution is -2.48. The van der Waals surface area contributed by atoms with Gasteiger partial charge in [-0.15, -0.1) is 5.10 Å². The molecule has 2 amide bonds. The Bertz CT molecular complexity index is 1110. The number of hydrogen-bond donors (Lipinski definition) is 2. The molecule has 0 saturated carbocycles. The fraction of sp³-hybridized carbons (Fsp3) is 0.476. The summed E-state index contributed by atoms with van der Waals surface area (Å²) in [7, 11) is 0. The Balaban J connectivity index is 1.46. The van der Waals surface area contributed by atoms with Gasteiger partial charge in [0.25, 0.3) is 5.91 Å². The molecule has 1 aliphatic rings. The number of nitrogens with zero attached hydrogens (tertiary/aromatic N) is 5. The molecule has 9 nitrogen and oxygen atoms in total. The zero-order chi connectivity index (χ0) is 22.2. The average Bonchev–Trinajstić information content (AvgIpc) is 3.34. The summed E-state index contributed by atoms with van der Waals surface area (Å²) in [6.45, 7) is 6.71. The number of aliphatic hydroxyl groups is 1. The Morgan fingerprint density at radius 3 is 2.68 bits per heavy atom. The van der Waals surface area contributed by atoms with E-state index < -0.39 is 5.60 Å². The average molecular weight is 443 g/mol. The summed E-state index contributed by atoms with van der Waals surface area (Å²) in [5, 5.41) is 23.4. The number of aromatic nitrogens is 4. The van der Waals surface area contributed by atoms with Crippen LogP contribution in [0.15, 0.2) is 24.4 Å². The summed E-state index contributed by atoms with van der Waals surface area (Å²) in [6.07, 6.45) is 2.66. The van der Waals surface area contributed by atoms with E-state index in [9.17, 15) is 14.7 Å². The maximum Gasteiger partial charge on any atom is 0.267 e. The second-order valence-corrected chi connectivity index (χ2v) is 9.18. The zero-order valence-electron chi connectivity index (χ0n) is 17.8. The molecule has 0 aliphatic carbocycles. The van der Waals surface area contributed by atoms with Crippen molar-refractivity contribution in [3.63, 3.8) is 0 Å². The molecular weight excluding hydrogens is 416 g/mol. The minimum absolute atomic E-state index is 0.0486. The van der Waals surface area contributed by atoms with Crippen molar-refractivity contribution in [2.45, 2.75) is 45.8 Å². The summed E-state index contributed by atoms with van der Waals surface area (Å²) in [4.78, 5) is 27.0. The lowest BCUT2D eigenvalue weighted by atomic mass is 9.91. The van der Waals surface area contributed by atoms with E-state index in [0.29, 0.717) is 48.7 Å². The van der Waals surface area contributed by atoms with E-state index in [1.165, 1.54) is 0 Å². The first-order chi connectivity index (χ1) is 14.8. The first-order valence-corrected chi connectivity index (χ1v) is 11.1. The highest BCUT2D eigenvalue weighted by Crippen LogP contribution is 2.28. The number of carbonyl (C=O) groups is 2. The number of piperidine rings is 1. The molecule has 0 spiro atoms. The summed E-state index contributed by atoms with van der Waals surface area (Å²) < 4.78 is 5.61. The third-order valence-corrected chi connectivity index (χ3v) is 6.52. The van der Waals surface area contributed by atoms with E-state index in [0.717, 1.165) is 22.4 Å². The van der Waals surface area contributed by atoms with Crippen molar-refractivity contribution in [2.24, 2.45) is 5.92 Å². The number of amides is 2. The van der Waals surface area contributed by atoms with Gasteiger partial charge in [-0.05, 0) is 49.5 Å². The van der Waals surface area contributed by atoms with Gasteiger partial charge in [0.2, 0.25) is 5.91 Å². The predicted molar refractivity (Wildman–Crippen MR) is 118 cm³/mol. The molecule has 2 N–H and O–H groups in total. The van der Waals surface area contributed by atoms with Crippen molar-refractivity contribution in [1.82, 2.24) is 24.3 Å². The van der Waals surface area contributed by atoms with Crippen LogP contribution in [0.4, 0.5) is 5.69 Å². The number of benzene rings is 1. The van der Waals surface area contributed by atoms with E-state index >= 15 is 0 Å². The first kappa shape index (κ1) is 21.4. The van der Waals surface area contributed by atoms with Crippen molar-refractivity contribution in [3.05, 3.63) is 35.0 Å². The van der Waals surface area contributed by atoms with Crippen molar-refractivity contribution in [3.8, 4) is 0 Å². The Labute approximate surface area is 184 Å². The highest BCUT2D eigenvalue weighted by atomic mass is 32.1. The molecule has 1 aromatic carbocycles. The van der Waals surface area contributed by atoms with Crippen molar-refractivity contribution in [1.29, 1.82) is 0 Å². The Kier molecular flexibility index (Phi) is 5.76. The third-order valence-electron chi connectivity index (χ3n) is 5.71. The monoisotopic (exact) mass is 442 g/mol. The van der Waals surface area contributed by atoms with Gasteiger partial charge in [0.1, 0.15) is 4.88 Å². The van der Waals surface area contributed by atoms with Crippen LogP contribution in [0.25, 0.3) is 10.9 Å². The number of nitrogens with one attached hydrogen (secondary N) is 1. The molecule has 1 fully saturated rings. The van der Waals surface area contributed by atoms with Crippen LogP contribution in [0.2, 0.25) is 0 Å². The number of anilines is 1. The molecule has 10 heteroatoms. The van der Waals surface area contributed by atoms with Crippen LogP contribution >= 0.6 is 11.5 Å². The molecule has 31 heavy (non-hydrogen) atoms. The Hall–Kier alpha value is -2.85. The number of likely N-dealkylation sites (tertiary alicyclic amines) is 1. The lowest BCUT2D eigenvalue weighted by Gasteiger charge is -2.38. The van der Waals surface area contributed by atoms with Gasteiger partial charge in [-0.3, -0.25) is 14.3 Å². The Morgan fingerprint density at radius 1 is 1.29 bits per heavy atom. The first-order valence-electron chi connectivity index (χ1n) is 10.3. The van der Waals surface area contributed by atoms with Gasteiger partial charge in [0, 0.05) is 30.1 Å². The fourth-order valence-corrected chi connectivity index (χ4v) is 4.32. The van der Waals surface area contributed by atoms with Crippen molar-refractivity contribution in [2.75, 3.05) is 18.4 Å². The van der Waals surface area contributed by atoms with Crippen molar-refractivity contribution >= 4 is 39.9 Å². The number of carbonyl (C=O) groups excluding carboxylic acids is 2. The number of fused-ring (bicyclic) bond motifs is 1. The summed E-state index contributed by atoms with van der Waals surface area (Å²) in [5.74, 6) is -0.240. The van der Waals surface area contributed by atoms with Crippen LogP contribution in [-0.4, -0.2) is 59.9 Å². The molecule has 0 atom stereocenters. The summed E-state index contributed by atoms with van der Waals surface area (Å²) in [6, 6.07) is 5.64. The van der Waals surface area contributed by atoms with Gasteiger partial charge in [-0.2, -0.15) is 5.10 Å². The quantitative estimate of drug-likeness (QED) is 0.628. The van der Waals surface area contributed by atoms with Crippen LogP contribution in [0.1, 0.15) is 42.1 Å². The van der Waals surface area contributed by atoms with Crippen LogP contribution in [0.3, 0.4) is 0 Å². The molecule has 0 bridgehead atoms. The van der Waals surface area contributed by atoms with E-state index in [2.05, 4.69) is 20.0 Å². The molecule has 1 saturated heterocycles. The van der Waals surface area contributed by atoms with E-state index in [-0.39, 0.29) is 17.7 Å². The molecule has 4 rings (SSSR count). The fourth-order valence-electron chi connectivity index (χ4n) is 3.70. The van der Waals surface area contributed by atoms with Crippen LogP contribution in [-0.2, 0) is 11.3 Å². The second-order valence-electron chi connectivity index (χ2n) is 8.42. The van der Waals surface area contributed by atoms with Gasteiger partial charge in [-0.25, -0.2) is 0 Å². The van der Waals surface area contributed by atoms with Gasteiger partial charge in [0.15, 0.2) is 0 Å². The minimum Gasteiger partial charge on any atom is -0.388 e. The van der Waals surface area contributed by atoms with Gasteiger partial charge in [-0.1, -0.05) is 18.3 Å².